The van der Waals surface area contributed by atoms with Crippen molar-refractivity contribution in [3.8, 4) is 0 Å². The summed E-state index contributed by atoms with van der Waals surface area (Å²) < 4.78 is 54.3. The SMILES string of the molecule is CCCCCCCCCC/C=C\CCCCCCCCCCCC(=O)OC(COC(=O)CCCCCCCCCCCCCCCCCC)COC1OC(CS(=O)(=O)O)C(O)C(O)C1O. The van der Waals surface area contributed by atoms with Crippen LogP contribution in [0.1, 0.15) is 251 Å². The minimum absolute atomic E-state index is 0.167. The first kappa shape index (κ1) is 61.4. The molecule has 6 atom stereocenters. The molecule has 13 heteroatoms. The van der Waals surface area contributed by atoms with Crippen LogP contribution in [0, 0.1) is 0 Å². The zero-order valence-corrected chi connectivity index (χ0v) is 42.2. The van der Waals surface area contributed by atoms with Gasteiger partial charge in [-0.2, -0.15) is 8.42 Å². The maximum Gasteiger partial charge on any atom is 0.306 e. The first-order valence-corrected chi connectivity index (χ1v) is 28.4. The third kappa shape index (κ3) is 37.0. The van der Waals surface area contributed by atoms with Crippen LogP contribution in [-0.4, -0.2) is 96.0 Å². The van der Waals surface area contributed by atoms with Crippen molar-refractivity contribution in [1.82, 2.24) is 0 Å². The monoisotopic (exact) mass is 947 g/mol. The Labute approximate surface area is 396 Å². The third-order valence-electron chi connectivity index (χ3n) is 12.6. The first-order valence-electron chi connectivity index (χ1n) is 26.7. The zero-order chi connectivity index (χ0) is 47.6. The van der Waals surface area contributed by atoms with Gasteiger partial charge in [-0.1, -0.05) is 212 Å². The van der Waals surface area contributed by atoms with Crippen molar-refractivity contribution in [3.63, 3.8) is 0 Å². The van der Waals surface area contributed by atoms with Gasteiger partial charge in [0.1, 0.15) is 36.8 Å². The summed E-state index contributed by atoms with van der Waals surface area (Å²) in [5, 5.41) is 31.0. The largest absolute Gasteiger partial charge is 0.462 e. The van der Waals surface area contributed by atoms with Crippen LogP contribution in [0.4, 0.5) is 0 Å². The Hall–Kier alpha value is -1.61. The number of hydrogen-bond donors (Lipinski definition) is 4. The van der Waals surface area contributed by atoms with Gasteiger partial charge in [-0.05, 0) is 38.5 Å². The van der Waals surface area contributed by atoms with Crippen molar-refractivity contribution in [2.75, 3.05) is 19.0 Å². The van der Waals surface area contributed by atoms with Crippen LogP contribution in [0.25, 0.3) is 0 Å². The summed E-state index contributed by atoms with van der Waals surface area (Å²) in [6.45, 7) is 3.81. The van der Waals surface area contributed by atoms with Crippen LogP contribution in [0.2, 0.25) is 0 Å². The van der Waals surface area contributed by atoms with E-state index in [9.17, 15) is 37.9 Å². The molecule has 0 amide bonds. The second-order valence-corrected chi connectivity index (χ2v) is 20.4. The Morgan fingerprint density at radius 1 is 0.508 bits per heavy atom. The molecule has 0 spiro atoms. The normalized spacial score (nSPS) is 19.5. The van der Waals surface area contributed by atoms with E-state index in [-0.39, 0.29) is 19.4 Å². The van der Waals surface area contributed by atoms with E-state index in [1.54, 1.807) is 0 Å². The van der Waals surface area contributed by atoms with Gasteiger partial charge >= 0.3 is 11.9 Å². The van der Waals surface area contributed by atoms with Crippen LogP contribution >= 0.6 is 0 Å². The molecule has 1 rings (SSSR count). The highest BCUT2D eigenvalue weighted by molar-refractivity contribution is 7.85. The zero-order valence-electron chi connectivity index (χ0n) is 41.4. The van der Waals surface area contributed by atoms with Gasteiger partial charge in [0.2, 0.25) is 0 Å². The summed E-state index contributed by atoms with van der Waals surface area (Å²) >= 11 is 0. The van der Waals surface area contributed by atoms with Crippen molar-refractivity contribution in [2.45, 2.75) is 288 Å². The predicted octanol–water partition coefficient (Wildman–Crippen LogP) is 12.2. The number of carbonyl (C=O) groups excluding carboxylic acids is 2. The molecular formula is C52H98O12S. The summed E-state index contributed by atoms with van der Waals surface area (Å²) in [6.07, 6.45) is 38.2. The van der Waals surface area contributed by atoms with Gasteiger partial charge in [0, 0.05) is 12.8 Å². The molecule has 6 unspecified atom stereocenters. The second kappa shape index (κ2) is 42.5. The van der Waals surface area contributed by atoms with Crippen molar-refractivity contribution in [1.29, 1.82) is 0 Å². The second-order valence-electron chi connectivity index (χ2n) is 18.9. The summed E-state index contributed by atoms with van der Waals surface area (Å²) in [6, 6.07) is 0. The molecule has 1 aliphatic rings. The van der Waals surface area contributed by atoms with Crippen LogP contribution < -0.4 is 0 Å². The van der Waals surface area contributed by atoms with E-state index in [1.807, 2.05) is 0 Å². The van der Waals surface area contributed by atoms with E-state index in [0.29, 0.717) is 12.8 Å². The summed E-state index contributed by atoms with van der Waals surface area (Å²) in [5.41, 5.74) is 0. The smallest absolute Gasteiger partial charge is 0.306 e. The molecule has 0 aromatic rings. The van der Waals surface area contributed by atoms with E-state index in [0.717, 1.165) is 38.5 Å². The molecule has 4 N–H and O–H groups in total. The lowest BCUT2D eigenvalue weighted by atomic mass is 10.00. The van der Waals surface area contributed by atoms with E-state index < -0.39 is 71.2 Å². The van der Waals surface area contributed by atoms with Gasteiger partial charge in [0.15, 0.2) is 12.4 Å². The third-order valence-corrected chi connectivity index (χ3v) is 13.3. The molecule has 1 heterocycles. The molecule has 0 bridgehead atoms. The summed E-state index contributed by atoms with van der Waals surface area (Å²) in [5.74, 6) is -1.97. The average molecular weight is 947 g/mol. The molecule has 0 aromatic carbocycles. The van der Waals surface area contributed by atoms with Crippen molar-refractivity contribution >= 4 is 22.1 Å². The lowest BCUT2D eigenvalue weighted by Gasteiger charge is -2.40. The lowest BCUT2D eigenvalue weighted by Crippen LogP contribution is -2.60. The molecule has 384 valence electrons. The van der Waals surface area contributed by atoms with Gasteiger partial charge in [-0.15, -0.1) is 0 Å². The fraction of sp³-hybridized carbons (Fsp3) is 0.923. The number of hydrogen-bond acceptors (Lipinski definition) is 11. The highest BCUT2D eigenvalue weighted by Crippen LogP contribution is 2.24. The highest BCUT2D eigenvalue weighted by Gasteiger charge is 2.46. The molecule has 12 nitrogen and oxygen atoms in total. The van der Waals surface area contributed by atoms with Gasteiger partial charge < -0.3 is 34.3 Å². The quantitative estimate of drug-likeness (QED) is 0.0196. The fourth-order valence-corrected chi connectivity index (χ4v) is 9.13. The standard InChI is InChI=1S/C52H98O12S/c1-3-5-7-9-11-13-15-17-19-21-22-23-24-25-27-29-31-33-35-37-39-41-48(54)63-45(43-62-52-51(57)50(56)49(55)46(64-52)44-65(58,59)60)42-61-47(53)40-38-36-34-32-30-28-26-20-18-16-14-12-10-8-6-4-2/h21-22,45-46,49-52,55-57H,3-20,23-44H2,1-2H3,(H,58,59,60)/b22-21-. The minimum Gasteiger partial charge on any atom is -0.462 e. The van der Waals surface area contributed by atoms with E-state index in [2.05, 4.69) is 26.0 Å². The van der Waals surface area contributed by atoms with E-state index in [4.69, 9.17) is 18.9 Å². The van der Waals surface area contributed by atoms with Gasteiger partial charge in [-0.25, -0.2) is 0 Å². The Balaban J connectivity index is 2.34. The lowest BCUT2D eigenvalue weighted by molar-refractivity contribution is -0.297. The highest BCUT2D eigenvalue weighted by atomic mass is 32.2. The number of rotatable bonds is 46. The van der Waals surface area contributed by atoms with Gasteiger partial charge in [-0.3, -0.25) is 14.1 Å². The fourth-order valence-electron chi connectivity index (χ4n) is 8.44. The first-order chi connectivity index (χ1) is 31.5. The molecule has 0 radical (unpaired) electrons. The molecule has 1 fully saturated rings. The van der Waals surface area contributed by atoms with Crippen LogP contribution in [0.5, 0.6) is 0 Å². The number of allylic oxidation sites excluding steroid dienone is 2. The number of aliphatic hydroxyl groups excluding tert-OH is 3. The molecular weight excluding hydrogens is 849 g/mol. The Kier molecular flexibility index (Phi) is 40.1. The number of esters is 2. The number of unbranched alkanes of at least 4 members (excludes halogenated alkanes) is 32. The number of aliphatic hydroxyl groups is 3. The summed E-state index contributed by atoms with van der Waals surface area (Å²) in [7, 11) is -4.60. The topological polar surface area (TPSA) is 186 Å². The van der Waals surface area contributed by atoms with E-state index >= 15 is 0 Å². The minimum atomic E-state index is -4.60. The van der Waals surface area contributed by atoms with Crippen LogP contribution in [0.3, 0.4) is 0 Å². The van der Waals surface area contributed by atoms with Crippen LogP contribution in [0.15, 0.2) is 12.2 Å². The number of ether oxygens (including phenoxy) is 4. The molecule has 0 aromatic heterocycles. The molecule has 0 saturated carbocycles. The molecule has 1 aliphatic heterocycles. The average Bonchev–Trinajstić information content (AvgIpc) is 3.27. The van der Waals surface area contributed by atoms with Crippen molar-refractivity contribution in [2.24, 2.45) is 0 Å². The molecule has 0 aliphatic carbocycles. The number of carbonyl (C=O) groups is 2. The van der Waals surface area contributed by atoms with Crippen molar-refractivity contribution < 1.29 is 56.8 Å². The van der Waals surface area contributed by atoms with Crippen LogP contribution in [-0.2, 0) is 38.7 Å². The van der Waals surface area contributed by atoms with Crippen molar-refractivity contribution in [3.05, 3.63) is 12.2 Å². The Bertz CT molecular complexity index is 1250. The Morgan fingerprint density at radius 3 is 1.28 bits per heavy atom. The molecule has 1 saturated heterocycles. The van der Waals surface area contributed by atoms with E-state index in [1.165, 1.54) is 173 Å². The molecule has 65 heavy (non-hydrogen) atoms. The predicted molar refractivity (Wildman–Crippen MR) is 261 cm³/mol. The van der Waals surface area contributed by atoms with Gasteiger partial charge in [0.05, 0.1) is 6.61 Å². The van der Waals surface area contributed by atoms with Gasteiger partial charge in [0.25, 0.3) is 10.1 Å². The summed E-state index contributed by atoms with van der Waals surface area (Å²) in [4.78, 5) is 25.5. The maximum atomic E-state index is 12.9. The maximum absolute atomic E-state index is 12.9. The Morgan fingerprint density at radius 2 is 0.877 bits per heavy atom.